The van der Waals surface area contributed by atoms with E-state index >= 15 is 0 Å². The number of likely N-dealkylation sites (N-methyl/N-ethyl adjacent to an activating group) is 1. The van der Waals surface area contributed by atoms with Crippen molar-refractivity contribution in [3.63, 3.8) is 0 Å². The van der Waals surface area contributed by atoms with Crippen LogP contribution in [0.25, 0.3) is 0 Å². The van der Waals surface area contributed by atoms with E-state index in [-0.39, 0.29) is 24.9 Å². The van der Waals surface area contributed by atoms with E-state index in [1.54, 1.807) is 30.1 Å². The molecule has 0 bridgehead atoms. The highest BCUT2D eigenvalue weighted by atomic mass is 16.5. The highest BCUT2D eigenvalue weighted by molar-refractivity contribution is 5.98. The minimum Gasteiger partial charge on any atom is -0.492 e. The number of carboxylic acids is 1. The third-order valence-electron chi connectivity index (χ3n) is 5.13. The van der Waals surface area contributed by atoms with E-state index in [4.69, 9.17) is 9.84 Å². The average molecular weight is 374 g/mol. The fourth-order valence-electron chi connectivity index (χ4n) is 3.25. The van der Waals surface area contributed by atoms with Crippen LogP contribution in [0.15, 0.2) is 24.3 Å². The molecule has 1 heterocycles. The van der Waals surface area contributed by atoms with Gasteiger partial charge in [-0.1, -0.05) is 12.1 Å². The van der Waals surface area contributed by atoms with Gasteiger partial charge in [-0.2, -0.15) is 0 Å². The van der Waals surface area contributed by atoms with Gasteiger partial charge in [-0.05, 0) is 43.7 Å². The molecule has 0 radical (unpaired) electrons. The second-order valence-electron chi connectivity index (χ2n) is 7.43. The molecule has 2 fully saturated rings. The molecule has 7 nitrogen and oxygen atoms in total. The third-order valence-corrected chi connectivity index (χ3v) is 5.13. The van der Waals surface area contributed by atoms with Gasteiger partial charge < -0.3 is 19.6 Å². The largest absolute Gasteiger partial charge is 0.492 e. The third kappa shape index (κ3) is 4.99. The standard InChI is InChI=1S/C20H26N2O5/c1-21(12-18(23)22-10-4-5-15(11-22)20(25)26)19(24)16-6-2-3-7-17(16)27-13-14-8-9-14/h2-3,6-7,14-15H,4-5,8-13H2,1H3,(H,25,26). The lowest BCUT2D eigenvalue weighted by Gasteiger charge is -2.32. The summed E-state index contributed by atoms with van der Waals surface area (Å²) in [5, 5.41) is 9.16. The Morgan fingerprint density at radius 3 is 2.67 bits per heavy atom. The zero-order valence-electron chi connectivity index (χ0n) is 15.6. The zero-order chi connectivity index (χ0) is 19.4. The van der Waals surface area contributed by atoms with Crippen molar-refractivity contribution in [2.45, 2.75) is 25.7 Å². The van der Waals surface area contributed by atoms with Crippen molar-refractivity contribution in [1.82, 2.24) is 9.80 Å². The molecule has 146 valence electrons. The van der Waals surface area contributed by atoms with Crippen LogP contribution in [0.1, 0.15) is 36.0 Å². The number of carbonyl (C=O) groups excluding carboxylic acids is 2. The molecule has 1 atom stereocenters. The molecule has 2 aliphatic rings. The Labute approximate surface area is 158 Å². The highest BCUT2D eigenvalue weighted by Crippen LogP contribution is 2.30. The first-order chi connectivity index (χ1) is 13.0. The number of aliphatic carboxylic acids is 1. The number of likely N-dealkylation sites (tertiary alicyclic amines) is 1. The second kappa shape index (κ2) is 8.41. The number of nitrogens with zero attached hydrogens (tertiary/aromatic N) is 2. The van der Waals surface area contributed by atoms with E-state index in [1.165, 1.54) is 4.90 Å². The van der Waals surface area contributed by atoms with Gasteiger partial charge in [-0.15, -0.1) is 0 Å². The van der Waals surface area contributed by atoms with Crippen LogP contribution >= 0.6 is 0 Å². The van der Waals surface area contributed by atoms with Gasteiger partial charge in [0.05, 0.1) is 24.6 Å². The summed E-state index contributed by atoms with van der Waals surface area (Å²) in [6.45, 7) is 1.27. The van der Waals surface area contributed by atoms with Crippen molar-refractivity contribution in [1.29, 1.82) is 0 Å². The average Bonchev–Trinajstić information content (AvgIpc) is 3.50. The molecule has 1 aromatic carbocycles. The smallest absolute Gasteiger partial charge is 0.308 e. The Kier molecular flexibility index (Phi) is 5.98. The topological polar surface area (TPSA) is 87.2 Å². The first-order valence-electron chi connectivity index (χ1n) is 9.43. The van der Waals surface area contributed by atoms with E-state index in [0.717, 1.165) is 12.8 Å². The van der Waals surface area contributed by atoms with Gasteiger partial charge in [0.2, 0.25) is 5.91 Å². The molecule has 1 N–H and O–H groups in total. The molecule has 3 rings (SSSR count). The zero-order valence-corrected chi connectivity index (χ0v) is 15.6. The number of ether oxygens (including phenoxy) is 1. The SMILES string of the molecule is CN(CC(=O)N1CCCC(C(=O)O)C1)C(=O)c1ccccc1OCC1CC1. The highest BCUT2D eigenvalue weighted by Gasteiger charge is 2.29. The number of amides is 2. The lowest BCUT2D eigenvalue weighted by Crippen LogP contribution is -2.46. The monoisotopic (exact) mass is 374 g/mol. The van der Waals surface area contributed by atoms with Crippen LogP contribution in [0.2, 0.25) is 0 Å². The van der Waals surface area contributed by atoms with Crippen LogP contribution in [0, 0.1) is 11.8 Å². The summed E-state index contributed by atoms with van der Waals surface area (Å²) in [6, 6.07) is 7.07. The molecule has 1 aliphatic carbocycles. The summed E-state index contributed by atoms with van der Waals surface area (Å²) >= 11 is 0. The predicted molar refractivity (Wildman–Crippen MR) is 98.6 cm³/mol. The van der Waals surface area contributed by atoms with Crippen molar-refractivity contribution < 1.29 is 24.2 Å². The van der Waals surface area contributed by atoms with Gasteiger partial charge >= 0.3 is 5.97 Å². The Hall–Kier alpha value is -2.57. The summed E-state index contributed by atoms with van der Waals surface area (Å²) in [6.07, 6.45) is 3.58. The van der Waals surface area contributed by atoms with Crippen LogP contribution in [0.5, 0.6) is 5.75 Å². The Bertz CT molecular complexity index is 716. The lowest BCUT2D eigenvalue weighted by molar-refractivity contribution is -0.145. The van der Waals surface area contributed by atoms with Gasteiger partial charge in [0.1, 0.15) is 5.75 Å². The van der Waals surface area contributed by atoms with Gasteiger partial charge in [0.15, 0.2) is 0 Å². The number of benzene rings is 1. The number of hydrogen-bond acceptors (Lipinski definition) is 4. The van der Waals surface area contributed by atoms with E-state index in [1.807, 2.05) is 6.07 Å². The minimum atomic E-state index is -0.876. The molecular weight excluding hydrogens is 348 g/mol. The van der Waals surface area contributed by atoms with Gasteiger partial charge in [0.25, 0.3) is 5.91 Å². The summed E-state index contributed by atoms with van der Waals surface area (Å²) in [7, 11) is 1.58. The molecule has 1 unspecified atom stereocenters. The van der Waals surface area contributed by atoms with Crippen molar-refractivity contribution in [2.24, 2.45) is 11.8 Å². The second-order valence-corrected chi connectivity index (χ2v) is 7.43. The first kappa shape index (κ1) is 19.2. The predicted octanol–water partition coefficient (Wildman–Crippen LogP) is 1.87. The molecule has 1 aromatic rings. The number of carbonyl (C=O) groups is 3. The first-order valence-corrected chi connectivity index (χ1v) is 9.43. The summed E-state index contributed by atoms with van der Waals surface area (Å²) in [5.41, 5.74) is 0.440. The molecular formula is C20H26N2O5. The summed E-state index contributed by atoms with van der Waals surface area (Å²) in [4.78, 5) is 39.4. The maximum Gasteiger partial charge on any atom is 0.308 e. The van der Waals surface area contributed by atoms with E-state index in [2.05, 4.69) is 0 Å². The fourth-order valence-corrected chi connectivity index (χ4v) is 3.25. The maximum atomic E-state index is 12.8. The van der Waals surface area contributed by atoms with Gasteiger partial charge in [-0.25, -0.2) is 0 Å². The van der Waals surface area contributed by atoms with Crippen LogP contribution in [0.4, 0.5) is 0 Å². The molecule has 1 aliphatic heterocycles. The molecule has 1 saturated heterocycles. The lowest BCUT2D eigenvalue weighted by atomic mass is 9.98. The number of piperidine rings is 1. The van der Waals surface area contributed by atoms with Crippen molar-refractivity contribution in [2.75, 3.05) is 33.3 Å². The Morgan fingerprint density at radius 2 is 1.96 bits per heavy atom. The Morgan fingerprint density at radius 1 is 1.22 bits per heavy atom. The van der Waals surface area contributed by atoms with Gasteiger partial charge in [-0.3, -0.25) is 14.4 Å². The molecule has 0 aromatic heterocycles. The van der Waals surface area contributed by atoms with Crippen LogP contribution in [0.3, 0.4) is 0 Å². The number of rotatable bonds is 7. The molecule has 2 amide bonds. The molecule has 0 spiro atoms. The Balaban J connectivity index is 1.60. The number of carboxylic acid groups (broad SMARTS) is 1. The molecule has 27 heavy (non-hydrogen) atoms. The quantitative estimate of drug-likeness (QED) is 0.787. The van der Waals surface area contributed by atoms with E-state index < -0.39 is 11.9 Å². The summed E-state index contributed by atoms with van der Waals surface area (Å²) in [5.74, 6) is -0.792. The summed E-state index contributed by atoms with van der Waals surface area (Å²) < 4.78 is 5.79. The molecule has 7 heteroatoms. The van der Waals surface area contributed by atoms with Crippen molar-refractivity contribution in [3.8, 4) is 5.75 Å². The number of hydrogen-bond donors (Lipinski definition) is 1. The minimum absolute atomic E-state index is 0.0812. The maximum absolute atomic E-state index is 12.8. The van der Waals surface area contributed by atoms with Crippen molar-refractivity contribution in [3.05, 3.63) is 29.8 Å². The van der Waals surface area contributed by atoms with Crippen LogP contribution < -0.4 is 4.74 Å². The number of para-hydroxylation sites is 1. The normalized spacial score (nSPS) is 19.4. The molecule has 1 saturated carbocycles. The van der Waals surface area contributed by atoms with Crippen LogP contribution in [-0.2, 0) is 9.59 Å². The van der Waals surface area contributed by atoms with Gasteiger partial charge in [0, 0.05) is 20.1 Å². The fraction of sp³-hybridized carbons (Fsp3) is 0.550. The van der Waals surface area contributed by atoms with E-state index in [0.29, 0.717) is 43.2 Å². The van der Waals surface area contributed by atoms with Crippen LogP contribution in [-0.4, -0.2) is 66.0 Å². The van der Waals surface area contributed by atoms with E-state index in [9.17, 15) is 14.4 Å². The van der Waals surface area contributed by atoms with Crippen molar-refractivity contribution >= 4 is 17.8 Å².